The molecule has 4 rings (SSSR count). The highest BCUT2D eigenvalue weighted by Gasteiger charge is 2.30. The number of hydrogen-bond acceptors (Lipinski definition) is 3. The molecule has 156 valence electrons. The first-order valence-electron chi connectivity index (χ1n) is 10.2. The Hall–Kier alpha value is -2.60. The molecule has 2 atom stereocenters. The Bertz CT molecular complexity index is 1030. The van der Waals surface area contributed by atoms with E-state index in [1.165, 1.54) is 22.7 Å². The molecule has 0 saturated carbocycles. The standard InChI is InChI=1S/C24H25FN2O2S/c1-15-10-16(2)14-27(13-15)23(28)18-8-9-21-20(11-18)26(3)24(29)22(30-21)12-17-6-4-5-7-19(17)25/h4-9,11-12,15-16H,10,13-14H2,1-3H3/b22-12-/t15-,16-/m1/s1. The Morgan fingerprint density at radius 3 is 2.53 bits per heavy atom. The van der Waals surface area contributed by atoms with E-state index in [1.54, 1.807) is 37.4 Å². The van der Waals surface area contributed by atoms with Crippen molar-refractivity contribution in [2.45, 2.75) is 25.2 Å². The fourth-order valence-corrected chi connectivity index (χ4v) is 5.36. The lowest BCUT2D eigenvalue weighted by molar-refractivity contribution is -0.114. The summed E-state index contributed by atoms with van der Waals surface area (Å²) in [7, 11) is 1.69. The molecule has 0 bridgehead atoms. The number of hydrogen-bond donors (Lipinski definition) is 0. The van der Waals surface area contributed by atoms with Crippen molar-refractivity contribution in [3.05, 3.63) is 64.3 Å². The fraction of sp³-hybridized carbons (Fsp3) is 0.333. The molecule has 1 fully saturated rings. The maximum atomic E-state index is 14.0. The van der Waals surface area contributed by atoms with Crippen LogP contribution in [0.15, 0.2) is 52.3 Å². The van der Waals surface area contributed by atoms with Crippen molar-refractivity contribution in [3.63, 3.8) is 0 Å². The predicted molar refractivity (Wildman–Crippen MR) is 119 cm³/mol. The molecule has 0 radical (unpaired) electrons. The van der Waals surface area contributed by atoms with Gasteiger partial charge in [0.15, 0.2) is 0 Å². The van der Waals surface area contributed by atoms with Crippen LogP contribution in [0.1, 0.15) is 36.2 Å². The SMILES string of the molecule is C[C@@H]1C[C@@H](C)CN(C(=O)c2ccc3c(c2)N(C)C(=O)/C(=C/c2ccccc2F)S3)C1. The molecule has 6 heteroatoms. The van der Waals surface area contributed by atoms with Gasteiger partial charge in [0, 0.05) is 36.2 Å². The Kier molecular flexibility index (Phi) is 5.69. The van der Waals surface area contributed by atoms with Crippen LogP contribution in [0, 0.1) is 17.7 Å². The van der Waals surface area contributed by atoms with Gasteiger partial charge in [-0.25, -0.2) is 4.39 Å². The van der Waals surface area contributed by atoms with Gasteiger partial charge in [0.1, 0.15) is 5.82 Å². The average Bonchev–Trinajstić information content (AvgIpc) is 2.72. The molecule has 2 aromatic carbocycles. The first-order valence-corrected chi connectivity index (χ1v) is 11.0. The molecule has 0 spiro atoms. The van der Waals surface area contributed by atoms with E-state index in [9.17, 15) is 14.0 Å². The van der Waals surface area contributed by atoms with Crippen molar-refractivity contribution in [1.82, 2.24) is 4.90 Å². The summed E-state index contributed by atoms with van der Waals surface area (Å²) in [5.41, 5.74) is 1.68. The average molecular weight is 425 g/mol. The number of rotatable bonds is 2. The van der Waals surface area contributed by atoms with Crippen LogP contribution in [0.3, 0.4) is 0 Å². The number of piperidine rings is 1. The number of likely N-dealkylation sites (tertiary alicyclic amines) is 1. The first-order chi connectivity index (χ1) is 14.3. The number of carbonyl (C=O) groups is 2. The molecule has 0 aromatic heterocycles. The minimum absolute atomic E-state index is 0.00902. The monoisotopic (exact) mass is 424 g/mol. The minimum Gasteiger partial charge on any atom is -0.338 e. The Morgan fingerprint density at radius 2 is 1.83 bits per heavy atom. The van der Waals surface area contributed by atoms with Crippen molar-refractivity contribution in [2.24, 2.45) is 11.8 Å². The minimum atomic E-state index is -0.363. The molecule has 2 amide bonds. The lowest BCUT2D eigenvalue weighted by Crippen LogP contribution is -2.42. The van der Waals surface area contributed by atoms with Gasteiger partial charge in [0.25, 0.3) is 11.8 Å². The molecule has 4 nitrogen and oxygen atoms in total. The van der Waals surface area contributed by atoms with Crippen LogP contribution in [0.2, 0.25) is 0 Å². The number of fused-ring (bicyclic) bond motifs is 1. The van der Waals surface area contributed by atoms with E-state index in [1.807, 2.05) is 17.0 Å². The maximum absolute atomic E-state index is 14.0. The predicted octanol–water partition coefficient (Wildman–Crippen LogP) is 5.05. The maximum Gasteiger partial charge on any atom is 0.264 e. The first kappa shape index (κ1) is 20.7. The Balaban J connectivity index is 1.62. The van der Waals surface area contributed by atoms with Crippen molar-refractivity contribution in [1.29, 1.82) is 0 Å². The van der Waals surface area contributed by atoms with Crippen LogP contribution in [0.4, 0.5) is 10.1 Å². The summed E-state index contributed by atoms with van der Waals surface area (Å²) in [6.07, 6.45) is 2.72. The third-order valence-electron chi connectivity index (χ3n) is 5.65. The highest BCUT2D eigenvalue weighted by Crippen LogP contribution is 2.42. The van der Waals surface area contributed by atoms with E-state index in [0.717, 1.165) is 24.4 Å². The summed E-state index contributed by atoms with van der Waals surface area (Å²) in [6, 6.07) is 11.9. The van der Waals surface area contributed by atoms with Gasteiger partial charge in [0.2, 0.25) is 0 Å². The highest BCUT2D eigenvalue weighted by molar-refractivity contribution is 8.04. The van der Waals surface area contributed by atoms with Gasteiger partial charge in [-0.15, -0.1) is 0 Å². The van der Waals surface area contributed by atoms with Crippen LogP contribution >= 0.6 is 11.8 Å². The summed E-state index contributed by atoms with van der Waals surface area (Å²) >= 11 is 1.31. The third kappa shape index (κ3) is 4.01. The zero-order chi connectivity index (χ0) is 21.4. The van der Waals surface area contributed by atoms with Crippen LogP contribution < -0.4 is 4.90 Å². The molecule has 2 aromatic rings. The molecular weight excluding hydrogens is 399 g/mol. The molecule has 2 heterocycles. The van der Waals surface area contributed by atoms with E-state index >= 15 is 0 Å². The quantitative estimate of drug-likeness (QED) is 0.633. The van der Waals surface area contributed by atoms with Gasteiger partial charge >= 0.3 is 0 Å². The van der Waals surface area contributed by atoms with E-state index in [-0.39, 0.29) is 17.6 Å². The van der Waals surface area contributed by atoms with E-state index < -0.39 is 0 Å². The van der Waals surface area contributed by atoms with E-state index in [0.29, 0.717) is 33.6 Å². The molecule has 2 aliphatic heterocycles. The summed E-state index contributed by atoms with van der Waals surface area (Å²) in [4.78, 5) is 30.7. The van der Waals surface area contributed by atoms with Gasteiger partial charge in [-0.05, 0) is 48.6 Å². The van der Waals surface area contributed by atoms with Gasteiger partial charge in [0.05, 0.1) is 10.6 Å². The lowest BCUT2D eigenvalue weighted by atomic mass is 9.91. The van der Waals surface area contributed by atoms with Gasteiger partial charge < -0.3 is 9.80 Å². The summed E-state index contributed by atoms with van der Waals surface area (Å²) in [6.45, 7) is 5.88. The highest BCUT2D eigenvalue weighted by atomic mass is 32.2. The summed E-state index contributed by atoms with van der Waals surface area (Å²) in [5.74, 6) is 0.413. The number of benzene rings is 2. The number of amides is 2. The van der Waals surface area contributed by atoms with Gasteiger partial charge in [-0.3, -0.25) is 9.59 Å². The topological polar surface area (TPSA) is 40.6 Å². The number of anilines is 1. The molecular formula is C24H25FN2O2S. The number of halogens is 1. The number of carbonyl (C=O) groups excluding carboxylic acids is 2. The fourth-order valence-electron chi connectivity index (χ4n) is 4.27. The van der Waals surface area contributed by atoms with Crippen molar-refractivity contribution in [3.8, 4) is 0 Å². The summed E-state index contributed by atoms with van der Waals surface area (Å²) < 4.78 is 14.0. The second kappa shape index (κ2) is 8.26. The molecule has 0 N–H and O–H groups in total. The zero-order valence-electron chi connectivity index (χ0n) is 17.4. The number of thioether (sulfide) groups is 1. The smallest absolute Gasteiger partial charge is 0.264 e. The molecule has 0 aliphatic carbocycles. The van der Waals surface area contributed by atoms with E-state index in [2.05, 4.69) is 13.8 Å². The van der Waals surface area contributed by atoms with Gasteiger partial charge in [-0.1, -0.05) is 43.8 Å². The lowest BCUT2D eigenvalue weighted by Gasteiger charge is -2.35. The third-order valence-corrected chi connectivity index (χ3v) is 6.73. The van der Waals surface area contributed by atoms with E-state index in [4.69, 9.17) is 0 Å². The molecule has 2 aliphatic rings. The molecule has 30 heavy (non-hydrogen) atoms. The molecule has 0 unspecified atom stereocenters. The number of nitrogens with zero attached hydrogens (tertiary/aromatic N) is 2. The second-order valence-electron chi connectivity index (χ2n) is 8.34. The Labute approximate surface area is 180 Å². The van der Waals surface area contributed by atoms with Gasteiger partial charge in [-0.2, -0.15) is 0 Å². The summed E-state index contributed by atoms with van der Waals surface area (Å²) in [5, 5.41) is 0. The normalized spacial score (nSPS) is 22.9. The number of likely N-dealkylation sites (N-methyl/N-ethyl adjacent to an activating group) is 1. The zero-order valence-corrected chi connectivity index (χ0v) is 18.2. The second-order valence-corrected chi connectivity index (χ2v) is 9.42. The van der Waals surface area contributed by atoms with Crippen molar-refractivity contribution in [2.75, 3.05) is 25.0 Å². The van der Waals surface area contributed by atoms with Crippen LogP contribution in [0.5, 0.6) is 0 Å². The molecule has 1 saturated heterocycles. The van der Waals surface area contributed by atoms with Crippen molar-refractivity contribution < 1.29 is 14.0 Å². The largest absolute Gasteiger partial charge is 0.338 e. The Morgan fingerprint density at radius 1 is 1.13 bits per heavy atom. The van der Waals surface area contributed by atoms with Crippen LogP contribution in [-0.4, -0.2) is 36.9 Å². The van der Waals surface area contributed by atoms with Crippen LogP contribution in [0.25, 0.3) is 6.08 Å². The van der Waals surface area contributed by atoms with Crippen molar-refractivity contribution >= 4 is 35.3 Å². The van der Waals surface area contributed by atoms with Crippen LogP contribution in [-0.2, 0) is 4.79 Å².